The summed E-state index contributed by atoms with van der Waals surface area (Å²) >= 11 is 0. The molecule has 0 saturated carbocycles. The number of amidine groups is 1. The zero-order chi connectivity index (χ0) is 13.6. The Labute approximate surface area is 119 Å². The Balaban J connectivity index is 1.46. The molecule has 0 aromatic carbocycles. The normalized spacial score (nSPS) is 34.9. The summed E-state index contributed by atoms with van der Waals surface area (Å²) < 4.78 is 6.18. The molecule has 3 fully saturated rings. The molecular formula is C14H17BN4O. The minimum absolute atomic E-state index is 0.105. The summed E-state index contributed by atoms with van der Waals surface area (Å²) in [6, 6.07) is 4.24. The maximum atomic E-state index is 6.18. The number of hydrogen-bond donors (Lipinski definition) is 1. The Bertz CT molecular complexity index is 539. The minimum atomic E-state index is -0.105. The number of pyridine rings is 1. The van der Waals surface area contributed by atoms with Crippen LogP contribution in [0.5, 0.6) is 0 Å². The zero-order valence-electron chi connectivity index (χ0n) is 11.4. The van der Waals surface area contributed by atoms with Gasteiger partial charge >= 0.3 is 0 Å². The number of nitrogens with one attached hydrogen (secondary N) is 1. The second kappa shape index (κ2) is 4.48. The maximum absolute atomic E-state index is 6.18. The fraction of sp³-hybridized carbons (Fsp3) is 0.571. The van der Waals surface area contributed by atoms with Crippen LogP contribution in [0.25, 0.3) is 0 Å². The van der Waals surface area contributed by atoms with Gasteiger partial charge in [-0.25, -0.2) is 9.98 Å². The predicted octanol–water partition coefficient (Wildman–Crippen LogP) is 0.138. The summed E-state index contributed by atoms with van der Waals surface area (Å²) in [4.78, 5) is 11.2. The molecule has 5 nitrogen and oxygen atoms in total. The molecule has 5 rings (SSSR count). The molecule has 2 radical (unpaired) electrons. The van der Waals surface area contributed by atoms with E-state index in [-0.39, 0.29) is 5.60 Å². The molecule has 1 aromatic rings. The lowest BCUT2D eigenvalue weighted by atomic mass is 9.75. The molecule has 0 aliphatic carbocycles. The standard InChI is InChI=1S/C14H17BN4O/c15-11-1-2-12(16-7-11)18-13-17-8-14(20-13)9-19-5-3-10(14)4-6-19/h1-2,7,10H,3-6,8-9H2,(H,16,17,18)/t14-/m0/s1. The minimum Gasteiger partial charge on any atom is -0.455 e. The SMILES string of the molecule is [B]c1ccc(NC2=NC[C@@]3(CN4CCC3CC4)O2)nc1. The lowest BCUT2D eigenvalue weighted by molar-refractivity contribution is -0.0829. The van der Waals surface area contributed by atoms with Crippen molar-refractivity contribution in [3.8, 4) is 0 Å². The van der Waals surface area contributed by atoms with Crippen molar-refractivity contribution >= 4 is 25.1 Å². The molecule has 3 saturated heterocycles. The molecule has 5 heterocycles. The van der Waals surface area contributed by atoms with E-state index in [1.807, 2.05) is 12.1 Å². The van der Waals surface area contributed by atoms with Gasteiger partial charge in [0.1, 0.15) is 19.3 Å². The monoisotopic (exact) mass is 268 g/mol. The van der Waals surface area contributed by atoms with E-state index in [0.29, 0.717) is 17.4 Å². The van der Waals surface area contributed by atoms with Crippen LogP contribution in [0.4, 0.5) is 5.82 Å². The Kier molecular flexibility index (Phi) is 2.74. The number of ether oxygens (including phenoxy) is 1. The molecule has 0 unspecified atom stereocenters. The third kappa shape index (κ3) is 1.99. The third-order valence-corrected chi connectivity index (χ3v) is 4.63. The highest BCUT2D eigenvalue weighted by Crippen LogP contribution is 2.40. The van der Waals surface area contributed by atoms with E-state index in [1.165, 1.54) is 25.9 Å². The molecule has 102 valence electrons. The van der Waals surface area contributed by atoms with Crippen LogP contribution in [0.15, 0.2) is 23.3 Å². The van der Waals surface area contributed by atoms with E-state index in [1.54, 1.807) is 6.20 Å². The summed E-state index contributed by atoms with van der Waals surface area (Å²) in [5, 5.41) is 3.14. The fourth-order valence-electron chi connectivity index (χ4n) is 3.54. The number of rotatable bonds is 1. The van der Waals surface area contributed by atoms with E-state index in [4.69, 9.17) is 12.6 Å². The van der Waals surface area contributed by atoms with Gasteiger partial charge in [-0.2, -0.15) is 0 Å². The maximum Gasteiger partial charge on any atom is 0.291 e. The van der Waals surface area contributed by atoms with E-state index in [0.717, 1.165) is 18.9 Å². The van der Waals surface area contributed by atoms with Crippen molar-refractivity contribution in [3.05, 3.63) is 18.3 Å². The largest absolute Gasteiger partial charge is 0.455 e. The first-order valence-electron chi connectivity index (χ1n) is 7.18. The molecule has 4 aliphatic heterocycles. The molecule has 1 atom stereocenters. The molecule has 1 spiro atoms. The number of aliphatic imine (C=N–C) groups is 1. The van der Waals surface area contributed by atoms with E-state index in [2.05, 4.69) is 20.2 Å². The van der Waals surface area contributed by atoms with Gasteiger partial charge in [0.25, 0.3) is 6.02 Å². The van der Waals surface area contributed by atoms with Crippen molar-refractivity contribution in [2.24, 2.45) is 10.9 Å². The van der Waals surface area contributed by atoms with Crippen molar-refractivity contribution in [3.63, 3.8) is 0 Å². The fourth-order valence-corrected chi connectivity index (χ4v) is 3.54. The number of fused-ring (bicyclic) bond motifs is 2. The van der Waals surface area contributed by atoms with Gasteiger partial charge in [-0.1, -0.05) is 11.5 Å². The van der Waals surface area contributed by atoms with Gasteiger partial charge in [-0.3, -0.25) is 10.2 Å². The third-order valence-electron chi connectivity index (χ3n) is 4.63. The van der Waals surface area contributed by atoms with Crippen molar-refractivity contribution in [1.29, 1.82) is 0 Å². The molecule has 2 bridgehead atoms. The number of aromatic nitrogens is 1. The lowest BCUT2D eigenvalue weighted by Crippen LogP contribution is -2.61. The van der Waals surface area contributed by atoms with Crippen molar-refractivity contribution in [2.75, 3.05) is 31.5 Å². The quantitative estimate of drug-likeness (QED) is 0.736. The first-order chi connectivity index (χ1) is 9.73. The highest BCUT2D eigenvalue weighted by molar-refractivity contribution is 6.32. The van der Waals surface area contributed by atoms with Gasteiger partial charge in [0.15, 0.2) is 0 Å². The van der Waals surface area contributed by atoms with E-state index >= 15 is 0 Å². The number of hydrogen-bond acceptors (Lipinski definition) is 5. The summed E-state index contributed by atoms with van der Waals surface area (Å²) in [7, 11) is 5.63. The van der Waals surface area contributed by atoms with Crippen molar-refractivity contribution < 1.29 is 4.74 Å². The second-order valence-electron chi connectivity index (χ2n) is 5.94. The first-order valence-corrected chi connectivity index (χ1v) is 7.18. The molecule has 0 amide bonds. The molecule has 20 heavy (non-hydrogen) atoms. The van der Waals surface area contributed by atoms with E-state index < -0.39 is 0 Å². The van der Waals surface area contributed by atoms with Gasteiger partial charge in [0, 0.05) is 18.7 Å². The van der Waals surface area contributed by atoms with Crippen LogP contribution < -0.4 is 10.8 Å². The molecule has 1 aromatic heterocycles. The van der Waals surface area contributed by atoms with Gasteiger partial charge < -0.3 is 4.74 Å². The summed E-state index contributed by atoms with van der Waals surface area (Å²) in [6.45, 7) is 4.17. The highest BCUT2D eigenvalue weighted by atomic mass is 16.5. The lowest BCUT2D eigenvalue weighted by Gasteiger charge is -2.50. The van der Waals surface area contributed by atoms with Crippen LogP contribution >= 0.6 is 0 Å². The molecular weight excluding hydrogens is 251 g/mol. The van der Waals surface area contributed by atoms with Gasteiger partial charge in [0.05, 0.1) is 6.54 Å². The van der Waals surface area contributed by atoms with Crippen LogP contribution in [0.3, 0.4) is 0 Å². The van der Waals surface area contributed by atoms with Crippen LogP contribution in [0.1, 0.15) is 12.8 Å². The topological polar surface area (TPSA) is 49.8 Å². The first kappa shape index (κ1) is 12.2. The van der Waals surface area contributed by atoms with Crippen LogP contribution in [0, 0.1) is 5.92 Å². The summed E-state index contributed by atoms with van der Waals surface area (Å²) in [5.41, 5.74) is 0.547. The number of anilines is 1. The Morgan fingerprint density at radius 1 is 1.35 bits per heavy atom. The zero-order valence-corrected chi connectivity index (χ0v) is 11.4. The second-order valence-corrected chi connectivity index (χ2v) is 5.94. The Morgan fingerprint density at radius 3 is 2.85 bits per heavy atom. The highest BCUT2D eigenvalue weighted by Gasteiger charge is 2.51. The average molecular weight is 268 g/mol. The van der Waals surface area contributed by atoms with Crippen LogP contribution in [-0.2, 0) is 4.74 Å². The number of piperidine rings is 3. The smallest absolute Gasteiger partial charge is 0.291 e. The summed E-state index contributed by atoms with van der Waals surface area (Å²) in [5.74, 6) is 1.35. The van der Waals surface area contributed by atoms with Crippen molar-refractivity contribution in [1.82, 2.24) is 9.88 Å². The molecule has 6 heteroatoms. The Hall–Kier alpha value is -1.56. The summed E-state index contributed by atoms with van der Waals surface area (Å²) in [6.07, 6.45) is 4.08. The van der Waals surface area contributed by atoms with Crippen LogP contribution in [-0.4, -0.2) is 55.5 Å². The van der Waals surface area contributed by atoms with Gasteiger partial charge in [-0.05, 0) is 32.0 Å². The van der Waals surface area contributed by atoms with Gasteiger partial charge in [0.2, 0.25) is 0 Å². The molecule has 4 aliphatic rings. The Morgan fingerprint density at radius 2 is 2.20 bits per heavy atom. The predicted molar refractivity (Wildman–Crippen MR) is 78.5 cm³/mol. The number of nitrogens with zero attached hydrogens (tertiary/aromatic N) is 3. The van der Waals surface area contributed by atoms with E-state index in [9.17, 15) is 0 Å². The van der Waals surface area contributed by atoms with Gasteiger partial charge in [-0.15, -0.1) is 0 Å². The average Bonchev–Trinajstić information content (AvgIpc) is 2.85. The van der Waals surface area contributed by atoms with Crippen LogP contribution in [0.2, 0.25) is 0 Å². The molecule has 1 N–H and O–H groups in total. The van der Waals surface area contributed by atoms with Crippen molar-refractivity contribution in [2.45, 2.75) is 18.4 Å².